The standard InChI is InChI=1S/C19H17N3O3/c20-12-15-6-8-17(9-7-15)21-11-10-18(19(21)24)22(14-23)25-13-16-4-2-1-3-5-16/h1-9,14,18H,10-11,13H2. The summed E-state index contributed by atoms with van der Waals surface area (Å²) in [6.45, 7) is 0.717. The van der Waals surface area contributed by atoms with Gasteiger partial charge in [0, 0.05) is 12.2 Å². The predicted molar refractivity (Wildman–Crippen MR) is 91.0 cm³/mol. The Morgan fingerprint density at radius 3 is 2.56 bits per heavy atom. The second kappa shape index (κ2) is 7.60. The van der Waals surface area contributed by atoms with Crippen LogP contribution >= 0.6 is 0 Å². The van der Waals surface area contributed by atoms with Gasteiger partial charge in [0.05, 0.1) is 11.6 Å². The van der Waals surface area contributed by atoms with E-state index in [1.165, 1.54) is 0 Å². The first-order valence-corrected chi connectivity index (χ1v) is 7.95. The monoisotopic (exact) mass is 335 g/mol. The van der Waals surface area contributed by atoms with Gasteiger partial charge in [-0.05, 0) is 36.2 Å². The number of benzene rings is 2. The Bertz CT molecular complexity index is 784. The molecular weight excluding hydrogens is 318 g/mol. The molecule has 126 valence electrons. The molecule has 2 amide bonds. The lowest BCUT2D eigenvalue weighted by atomic mass is 10.2. The number of carbonyl (C=O) groups is 2. The van der Waals surface area contributed by atoms with Crippen molar-refractivity contribution in [2.45, 2.75) is 19.1 Å². The number of anilines is 1. The van der Waals surface area contributed by atoms with Gasteiger partial charge in [-0.25, -0.2) is 5.06 Å². The molecule has 1 unspecified atom stereocenters. The number of amides is 2. The average molecular weight is 335 g/mol. The summed E-state index contributed by atoms with van der Waals surface area (Å²) in [5.41, 5.74) is 2.16. The Morgan fingerprint density at radius 1 is 1.20 bits per heavy atom. The fourth-order valence-electron chi connectivity index (χ4n) is 2.79. The lowest BCUT2D eigenvalue weighted by Gasteiger charge is -2.23. The molecule has 1 atom stereocenters. The van der Waals surface area contributed by atoms with E-state index in [1.54, 1.807) is 29.2 Å². The van der Waals surface area contributed by atoms with Crippen LogP contribution < -0.4 is 4.90 Å². The van der Waals surface area contributed by atoms with Crippen molar-refractivity contribution in [2.75, 3.05) is 11.4 Å². The van der Waals surface area contributed by atoms with E-state index in [2.05, 4.69) is 0 Å². The highest BCUT2D eigenvalue weighted by molar-refractivity contribution is 6.00. The number of hydrogen-bond donors (Lipinski definition) is 0. The Labute approximate surface area is 145 Å². The molecule has 2 aromatic rings. The van der Waals surface area contributed by atoms with E-state index in [0.717, 1.165) is 10.6 Å². The maximum atomic E-state index is 12.7. The minimum atomic E-state index is -0.642. The minimum absolute atomic E-state index is 0.190. The molecule has 0 spiro atoms. The zero-order valence-electron chi connectivity index (χ0n) is 13.5. The average Bonchev–Trinajstić information content (AvgIpc) is 3.05. The smallest absolute Gasteiger partial charge is 0.252 e. The van der Waals surface area contributed by atoms with Crippen molar-refractivity contribution in [1.82, 2.24) is 5.06 Å². The van der Waals surface area contributed by atoms with Crippen LogP contribution in [0, 0.1) is 11.3 Å². The Morgan fingerprint density at radius 2 is 1.92 bits per heavy atom. The molecule has 0 radical (unpaired) electrons. The summed E-state index contributed by atoms with van der Waals surface area (Å²) in [5, 5.41) is 9.95. The number of nitriles is 1. The molecular formula is C19H17N3O3. The summed E-state index contributed by atoms with van der Waals surface area (Å²) in [7, 11) is 0. The summed E-state index contributed by atoms with van der Waals surface area (Å²) >= 11 is 0. The highest BCUT2D eigenvalue weighted by atomic mass is 16.7. The Hall–Kier alpha value is -3.17. The molecule has 2 aromatic carbocycles. The molecule has 1 heterocycles. The molecule has 6 heteroatoms. The van der Waals surface area contributed by atoms with Crippen LogP contribution in [0.25, 0.3) is 0 Å². The topological polar surface area (TPSA) is 73.6 Å². The SMILES string of the molecule is N#Cc1ccc(N2CCC(N(C=O)OCc3ccccc3)C2=O)cc1. The van der Waals surface area contributed by atoms with E-state index >= 15 is 0 Å². The van der Waals surface area contributed by atoms with Crippen molar-refractivity contribution in [2.24, 2.45) is 0 Å². The van der Waals surface area contributed by atoms with Crippen molar-refractivity contribution in [3.05, 3.63) is 65.7 Å². The van der Waals surface area contributed by atoms with Crippen LogP contribution in [0.1, 0.15) is 17.5 Å². The van der Waals surface area contributed by atoms with Gasteiger partial charge in [0.25, 0.3) is 5.91 Å². The first-order chi connectivity index (χ1) is 12.2. The second-order valence-corrected chi connectivity index (χ2v) is 5.68. The normalized spacial score (nSPS) is 16.5. The maximum Gasteiger partial charge on any atom is 0.252 e. The quantitative estimate of drug-likeness (QED) is 0.599. The zero-order valence-corrected chi connectivity index (χ0v) is 13.5. The molecule has 0 bridgehead atoms. The largest absolute Gasteiger partial charge is 0.310 e. The molecule has 25 heavy (non-hydrogen) atoms. The fourth-order valence-corrected chi connectivity index (χ4v) is 2.79. The van der Waals surface area contributed by atoms with E-state index in [4.69, 9.17) is 10.1 Å². The number of hydrogen-bond acceptors (Lipinski definition) is 4. The highest BCUT2D eigenvalue weighted by Crippen LogP contribution is 2.24. The molecule has 6 nitrogen and oxygen atoms in total. The van der Waals surface area contributed by atoms with Crippen LogP contribution in [0.4, 0.5) is 5.69 Å². The van der Waals surface area contributed by atoms with Crippen molar-refractivity contribution < 1.29 is 14.4 Å². The van der Waals surface area contributed by atoms with Crippen LogP contribution in [0.5, 0.6) is 0 Å². The first-order valence-electron chi connectivity index (χ1n) is 7.95. The van der Waals surface area contributed by atoms with Crippen molar-refractivity contribution in [3.8, 4) is 6.07 Å². The number of carbonyl (C=O) groups excluding carboxylic acids is 2. The molecule has 0 aliphatic carbocycles. The Kier molecular flexibility index (Phi) is 5.07. The minimum Gasteiger partial charge on any atom is -0.310 e. The van der Waals surface area contributed by atoms with Gasteiger partial charge in [-0.15, -0.1) is 0 Å². The van der Waals surface area contributed by atoms with Crippen LogP contribution in [0.3, 0.4) is 0 Å². The lowest BCUT2D eigenvalue weighted by molar-refractivity contribution is -0.192. The summed E-state index contributed by atoms with van der Waals surface area (Å²) in [6.07, 6.45) is 1.04. The predicted octanol–water partition coefficient (Wildman–Crippen LogP) is 2.25. The lowest BCUT2D eigenvalue weighted by Crippen LogP contribution is -2.41. The van der Waals surface area contributed by atoms with Crippen molar-refractivity contribution in [3.63, 3.8) is 0 Å². The van der Waals surface area contributed by atoms with E-state index in [0.29, 0.717) is 30.6 Å². The molecule has 1 saturated heterocycles. The van der Waals surface area contributed by atoms with E-state index in [1.807, 2.05) is 36.4 Å². The van der Waals surface area contributed by atoms with Gasteiger partial charge in [-0.3, -0.25) is 14.4 Å². The van der Waals surface area contributed by atoms with E-state index in [9.17, 15) is 9.59 Å². The summed E-state index contributed by atoms with van der Waals surface area (Å²) in [4.78, 5) is 31.2. The van der Waals surface area contributed by atoms with Gasteiger partial charge in [-0.2, -0.15) is 5.26 Å². The Balaban J connectivity index is 1.66. The number of rotatable bonds is 6. The van der Waals surface area contributed by atoms with Crippen LogP contribution in [-0.4, -0.2) is 30.0 Å². The summed E-state index contributed by atoms with van der Waals surface area (Å²) in [5.74, 6) is -0.190. The van der Waals surface area contributed by atoms with Gasteiger partial charge in [0.2, 0.25) is 6.41 Å². The van der Waals surface area contributed by atoms with E-state index < -0.39 is 6.04 Å². The van der Waals surface area contributed by atoms with Crippen molar-refractivity contribution in [1.29, 1.82) is 5.26 Å². The molecule has 0 aromatic heterocycles. The molecule has 1 fully saturated rings. The van der Waals surface area contributed by atoms with Gasteiger partial charge in [0.1, 0.15) is 12.6 Å². The molecule has 0 saturated carbocycles. The highest BCUT2D eigenvalue weighted by Gasteiger charge is 2.37. The van der Waals surface area contributed by atoms with Gasteiger partial charge < -0.3 is 4.90 Å². The van der Waals surface area contributed by atoms with Crippen LogP contribution in [-0.2, 0) is 21.0 Å². The third kappa shape index (κ3) is 3.67. The first kappa shape index (κ1) is 16.7. The maximum absolute atomic E-state index is 12.7. The third-order valence-electron chi connectivity index (χ3n) is 4.12. The summed E-state index contributed by atoms with van der Waals surface area (Å²) < 4.78 is 0. The van der Waals surface area contributed by atoms with Gasteiger partial charge in [-0.1, -0.05) is 30.3 Å². The second-order valence-electron chi connectivity index (χ2n) is 5.68. The number of nitrogens with zero attached hydrogens (tertiary/aromatic N) is 3. The van der Waals surface area contributed by atoms with Crippen LogP contribution in [0.2, 0.25) is 0 Å². The molecule has 1 aliphatic rings. The molecule has 3 rings (SSSR count). The summed E-state index contributed by atoms with van der Waals surface area (Å²) in [6, 6.07) is 17.7. The van der Waals surface area contributed by atoms with Gasteiger partial charge >= 0.3 is 0 Å². The van der Waals surface area contributed by atoms with Crippen molar-refractivity contribution >= 4 is 18.0 Å². The van der Waals surface area contributed by atoms with Gasteiger partial charge in [0.15, 0.2) is 0 Å². The van der Waals surface area contributed by atoms with Crippen LogP contribution in [0.15, 0.2) is 54.6 Å². The molecule has 0 N–H and O–H groups in total. The fraction of sp³-hybridized carbons (Fsp3) is 0.211. The number of hydroxylamine groups is 2. The molecule has 1 aliphatic heterocycles. The van der Waals surface area contributed by atoms with E-state index in [-0.39, 0.29) is 12.5 Å². The zero-order chi connectivity index (χ0) is 17.6. The third-order valence-corrected chi connectivity index (χ3v) is 4.12.